The molecule has 1 aromatic heterocycles. The minimum atomic E-state index is -4.57. The van der Waals surface area contributed by atoms with Gasteiger partial charge in [0.2, 0.25) is 13.6 Å². The van der Waals surface area contributed by atoms with Crippen LogP contribution in [0, 0.1) is 5.92 Å². The molecule has 34 heavy (non-hydrogen) atoms. The van der Waals surface area contributed by atoms with E-state index in [2.05, 4.69) is 14.5 Å². The van der Waals surface area contributed by atoms with Gasteiger partial charge >= 0.3 is 25.5 Å². The third-order valence-electron chi connectivity index (χ3n) is 5.65. The highest BCUT2D eigenvalue weighted by Gasteiger charge is 2.89. The van der Waals surface area contributed by atoms with Crippen LogP contribution < -0.4 is 11.2 Å². The second-order valence-corrected chi connectivity index (χ2v) is 9.22. The lowest BCUT2D eigenvalue weighted by atomic mass is 9.99. The molecule has 1 aliphatic heterocycles. The van der Waals surface area contributed by atoms with Crippen LogP contribution in [0.25, 0.3) is 0 Å². The fourth-order valence-electron chi connectivity index (χ4n) is 4.00. The SMILES string of the molecule is COC12C(C)C(n3ccc(=O)[nH]c3=O)OC1(COP(=O)(OCOC(C)=O)OCOC(C)=O)C2F. The molecule has 2 fully saturated rings. The Morgan fingerprint density at radius 2 is 1.76 bits per heavy atom. The lowest BCUT2D eigenvalue weighted by Crippen LogP contribution is -2.37. The summed E-state index contributed by atoms with van der Waals surface area (Å²) in [5.74, 6) is -2.27. The fraction of sp³-hybridized carbons (Fsp3) is 0.667. The van der Waals surface area contributed by atoms with E-state index in [1.807, 2.05) is 0 Å². The smallest absolute Gasteiger partial charge is 0.438 e. The summed E-state index contributed by atoms with van der Waals surface area (Å²) in [4.78, 5) is 47.6. The third-order valence-corrected chi connectivity index (χ3v) is 6.93. The third kappa shape index (κ3) is 4.59. The van der Waals surface area contributed by atoms with Gasteiger partial charge in [0.1, 0.15) is 11.8 Å². The number of carbonyl (C=O) groups is 2. The molecule has 16 heteroatoms. The number of hydrogen-bond acceptors (Lipinski definition) is 12. The number of esters is 2. The standard InChI is InChI=1S/C18H24FN2O12P/c1-10-14(21-6-5-13(24)20-16(21)25)33-17(15(19)18(10,17)27-4)7-30-34(26,31-8-28-11(2)22)32-9-29-12(3)23/h5-6,10,14-15H,7-9H2,1-4H3,(H,20,24,25). The average molecular weight is 510 g/mol. The maximum atomic E-state index is 15.1. The summed E-state index contributed by atoms with van der Waals surface area (Å²) in [5, 5.41) is 0. The van der Waals surface area contributed by atoms with Gasteiger partial charge in [-0.25, -0.2) is 22.8 Å². The maximum Gasteiger partial charge on any atom is 0.480 e. The van der Waals surface area contributed by atoms with E-state index in [0.717, 1.165) is 24.5 Å². The number of nitrogens with one attached hydrogen (secondary N) is 1. The Morgan fingerprint density at radius 1 is 1.18 bits per heavy atom. The summed E-state index contributed by atoms with van der Waals surface area (Å²) in [6, 6.07) is 1.09. The number of carbonyl (C=O) groups excluding carboxylic acids is 2. The molecule has 190 valence electrons. The first-order valence-corrected chi connectivity index (χ1v) is 11.4. The van der Waals surface area contributed by atoms with Crippen molar-refractivity contribution in [3.8, 4) is 0 Å². The number of H-pyrrole nitrogens is 1. The average Bonchev–Trinajstić information content (AvgIpc) is 3.14. The summed E-state index contributed by atoms with van der Waals surface area (Å²) in [5.41, 5.74) is -4.84. The molecule has 0 aromatic carbocycles. The number of ether oxygens (including phenoxy) is 4. The summed E-state index contributed by atoms with van der Waals surface area (Å²) >= 11 is 0. The van der Waals surface area contributed by atoms with Crippen molar-refractivity contribution in [1.82, 2.24) is 9.55 Å². The second-order valence-electron chi connectivity index (χ2n) is 7.55. The second kappa shape index (κ2) is 9.68. The zero-order valence-electron chi connectivity index (χ0n) is 18.7. The van der Waals surface area contributed by atoms with Crippen LogP contribution >= 0.6 is 7.82 Å². The predicted molar refractivity (Wildman–Crippen MR) is 107 cm³/mol. The van der Waals surface area contributed by atoms with Crippen molar-refractivity contribution in [2.24, 2.45) is 5.92 Å². The summed E-state index contributed by atoms with van der Waals surface area (Å²) in [6.07, 6.45) is -1.64. The quantitative estimate of drug-likeness (QED) is 0.247. The fourth-order valence-corrected chi connectivity index (χ4v) is 4.93. The molecule has 0 amide bonds. The number of aromatic nitrogens is 2. The predicted octanol–water partition coefficient (Wildman–Crippen LogP) is 0.376. The molecule has 1 aromatic rings. The first kappa shape index (κ1) is 26.2. The minimum Gasteiger partial charge on any atom is -0.438 e. The van der Waals surface area contributed by atoms with Gasteiger partial charge in [-0.2, -0.15) is 0 Å². The van der Waals surface area contributed by atoms with Gasteiger partial charge in [0.15, 0.2) is 11.8 Å². The van der Waals surface area contributed by atoms with Gasteiger partial charge < -0.3 is 18.9 Å². The maximum absolute atomic E-state index is 15.1. The van der Waals surface area contributed by atoms with Crippen molar-refractivity contribution < 1.29 is 51.1 Å². The van der Waals surface area contributed by atoms with Crippen LogP contribution in [0.4, 0.5) is 4.39 Å². The lowest BCUT2D eigenvalue weighted by Gasteiger charge is -2.25. The number of fused-ring (bicyclic) bond motifs is 1. The minimum absolute atomic E-state index is 0.629. The Bertz CT molecular complexity index is 1080. The van der Waals surface area contributed by atoms with Gasteiger partial charge in [0.05, 0.1) is 6.61 Å². The van der Waals surface area contributed by atoms with E-state index in [0.29, 0.717) is 0 Å². The van der Waals surface area contributed by atoms with Crippen LogP contribution in [0.2, 0.25) is 0 Å². The van der Waals surface area contributed by atoms with Crippen molar-refractivity contribution in [3.63, 3.8) is 0 Å². The molecule has 1 saturated heterocycles. The first-order valence-electron chi connectivity index (χ1n) is 9.91. The van der Waals surface area contributed by atoms with E-state index in [1.165, 1.54) is 13.3 Å². The Balaban J connectivity index is 1.81. The summed E-state index contributed by atoms with van der Waals surface area (Å²) in [6.45, 7) is 1.32. The van der Waals surface area contributed by atoms with Gasteiger partial charge in [-0.3, -0.25) is 28.5 Å². The Labute approximate surface area is 191 Å². The Kier molecular flexibility index (Phi) is 7.45. The number of rotatable bonds is 11. The van der Waals surface area contributed by atoms with Gasteiger partial charge in [0, 0.05) is 39.1 Å². The molecule has 0 radical (unpaired) electrons. The molecule has 3 rings (SSSR count). The van der Waals surface area contributed by atoms with Crippen LogP contribution in [-0.2, 0) is 46.7 Å². The van der Waals surface area contributed by atoms with Crippen molar-refractivity contribution in [2.75, 3.05) is 27.3 Å². The number of phosphoric ester groups is 1. The number of methoxy groups -OCH3 is 1. The van der Waals surface area contributed by atoms with Gasteiger partial charge in [-0.15, -0.1) is 0 Å². The van der Waals surface area contributed by atoms with Crippen LogP contribution in [0.15, 0.2) is 21.9 Å². The topological polar surface area (TPSA) is 171 Å². The van der Waals surface area contributed by atoms with Gasteiger partial charge in [-0.05, 0) is 0 Å². The highest BCUT2D eigenvalue weighted by molar-refractivity contribution is 7.48. The lowest BCUT2D eigenvalue weighted by molar-refractivity contribution is -0.151. The van der Waals surface area contributed by atoms with Gasteiger partial charge in [0.25, 0.3) is 5.56 Å². The molecule has 2 aliphatic rings. The number of aromatic amines is 1. The molecule has 1 saturated carbocycles. The zero-order valence-corrected chi connectivity index (χ0v) is 19.6. The van der Waals surface area contributed by atoms with Crippen LogP contribution in [0.5, 0.6) is 0 Å². The molecule has 5 unspecified atom stereocenters. The normalized spacial score (nSPS) is 30.0. The van der Waals surface area contributed by atoms with Crippen LogP contribution in [0.3, 0.4) is 0 Å². The number of halogens is 1. The molecule has 0 bridgehead atoms. The summed E-state index contributed by atoms with van der Waals surface area (Å²) in [7, 11) is -3.33. The van der Waals surface area contributed by atoms with Gasteiger partial charge in [-0.1, -0.05) is 6.92 Å². The van der Waals surface area contributed by atoms with Crippen LogP contribution in [0.1, 0.15) is 27.0 Å². The molecule has 0 spiro atoms. The van der Waals surface area contributed by atoms with Crippen molar-refractivity contribution in [1.29, 1.82) is 0 Å². The van der Waals surface area contributed by atoms with E-state index in [-0.39, 0.29) is 0 Å². The summed E-state index contributed by atoms with van der Waals surface area (Å²) < 4.78 is 64.5. The molecule has 5 atom stereocenters. The molecule has 2 heterocycles. The van der Waals surface area contributed by atoms with Crippen LogP contribution in [-0.4, -0.2) is 66.2 Å². The number of nitrogens with zero attached hydrogens (tertiary/aromatic N) is 1. The molecular formula is C18H24FN2O12P. The van der Waals surface area contributed by atoms with Crippen molar-refractivity contribution in [3.05, 3.63) is 33.1 Å². The largest absolute Gasteiger partial charge is 0.480 e. The van der Waals surface area contributed by atoms with E-state index in [4.69, 9.17) is 23.0 Å². The Morgan fingerprint density at radius 3 is 2.26 bits per heavy atom. The molecular weight excluding hydrogens is 486 g/mol. The van der Waals surface area contributed by atoms with E-state index in [9.17, 15) is 23.7 Å². The first-order chi connectivity index (χ1) is 15.9. The molecule has 1 N–H and O–H groups in total. The van der Waals surface area contributed by atoms with E-state index >= 15 is 4.39 Å². The van der Waals surface area contributed by atoms with Crippen molar-refractivity contribution >= 4 is 19.8 Å². The Hall–Kier alpha value is -2.42. The monoisotopic (exact) mass is 510 g/mol. The zero-order chi connectivity index (χ0) is 25.3. The number of alkyl halides is 1. The molecule has 1 aliphatic carbocycles. The van der Waals surface area contributed by atoms with Crippen molar-refractivity contribution in [2.45, 2.75) is 44.4 Å². The number of hydrogen-bond donors (Lipinski definition) is 1. The highest BCUT2D eigenvalue weighted by Crippen LogP contribution is 2.69. The highest BCUT2D eigenvalue weighted by atomic mass is 31.2. The number of phosphoric acid groups is 1. The molecule has 14 nitrogen and oxygen atoms in total. The van der Waals surface area contributed by atoms with E-state index < -0.39 is 80.7 Å². The van der Waals surface area contributed by atoms with E-state index in [1.54, 1.807) is 6.92 Å².